The molecule has 0 aliphatic rings. The molecule has 0 atom stereocenters. The second-order valence-corrected chi connectivity index (χ2v) is 5.71. The van der Waals surface area contributed by atoms with Crippen molar-refractivity contribution >= 4 is 33.4 Å². The smallest absolute Gasteiger partial charge is 0.409 e. The molecule has 1 aromatic carbocycles. The van der Waals surface area contributed by atoms with Crippen LogP contribution in [-0.2, 0) is 11.0 Å². The third kappa shape index (κ3) is 4.10. The highest BCUT2D eigenvalue weighted by molar-refractivity contribution is 9.10. The van der Waals surface area contributed by atoms with E-state index in [2.05, 4.69) is 26.4 Å². The Balaban J connectivity index is 3.09. The van der Waals surface area contributed by atoms with Crippen LogP contribution in [0.3, 0.4) is 0 Å². The van der Waals surface area contributed by atoms with Gasteiger partial charge in [-0.1, -0.05) is 21.1 Å². The lowest BCUT2D eigenvalue weighted by atomic mass is 9.91. The molecule has 0 spiro atoms. The van der Waals surface area contributed by atoms with E-state index in [1.54, 1.807) is 0 Å². The fourth-order valence-corrected chi connectivity index (χ4v) is 1.85. The molecule has 0 radical (unpaired) electrons. The van der Waals surface area contributed by atoms with Crippen LogP contribution in [0.1, 0.15) is 19.4 Å². The Kier molecular flexibility index (Phi) is 4.87. The van der Waals surface area contributed by atoms with E-state index in [4.69, 9.17) is 10.9 Å². The first kappa shape index (κ1) is 17.3. The number of anilines is 1. The van der Waals surface area contributed by atoms with Gasteiger partial charge in [0, 0.05) is 10.2 Å². The van der Waals surface area contributed by atoms with Crippen LogP contribution in [0.2, 0.25) is 0 Å². The zero-order valence-electron chi connectivity index (χ0n) is 11.1. The Morgan fingerprint density at radius 2 is 1.90 bits per heavy atom. The van der Waals surface area contributed by atoms with Gasteiger partial charge in [0.1, 0.15) is 5.41 Å². The molecular weight excluding hydrogens is 355 g/mol. The molecule has 0 heterocycles. The number of alkyl halides is 3. The van der Waals surface area contributed by atoms with E-state index >= 15 is 0 Å². The van der Waals surface area contributed by atoms with Crippen molar-refractivity contribution in [2.75, 3.05) is 5.32 Å². The van der Waals surface area contributed by atoms with Gasteiger partial charge < -0.3 is 16.3 Å². The van der Waals surface area contributed by atoms with Crippen LogP contribution in [0, 0.1) is 5.41 Å². The van der Waals surface area contributed by atoms with Crippen LogP contribution >= 0.6 is 15.9 Å². The van der Waals surface area contributed by atoms with Gasteiger partial charge in [-0.3, -0.25) is 4.79 Å². The molecule has 1 amide bonds. The van der Waals surface area contributed by atoms with E-state index in [9.17, 15) is 18.0 Å². The van der Waals surface area contributed by atoms with Gasteiger partial charge in [-0.25, -0.2) is 0 Å². The fraction of sp³-hybridized carbons (Fsp3) is 0.333. The van der Waals surface area contributed by atoms with Gasteiger partial charge in [-0.05, 0) is 32.0 Å². The summed E-state index contributed by atoms with van der Waals surface area (Å²) < 4.78 is 38.3. The molecule has 1 rings (SSSR count). The molecule has 0 fully saturated rings. The number of halogens is 4. The number of rotatable bonds is 3. The number of carbonyl (C=O) groups excluding carboxylic acids is 1. The van der Waals surface area contributed by atoms with Crippen molar-refractivity contribution in [2.45, 2.75) is 20.0 Å². The lowest BCUT2D eigenvalue weighted by Gasteiger charge is -2.22. The molecule has 0 aromatic heterocycles. The van der Waals surface area contributed by atoms with Crippen molar-refractivity contribution in [2.24, 2.45) is 16.3 Å². The zero-order valence-corrected chi connectivity index (χ0v) is 12.7. The van der Waals surface area contributed by atoms with Crippen LogP contribution in [0.4, 0.5) is 18.9 Å². The highest BCUT2D eigenvalue weighted by Crippen LogP contribution is 2.33. The maximum Gasteiger partial charge on any atom is 0.416 e. The van der Waals surface area contributed by atoms with Crippen molar-refractivity contribution in [1.82, 2.24) is 0 Å². The number of nitrogens with zero attached hydrogens (tertiary/aromatic N) is 1. The minimum Gasteiger partial charge on any atom is -0.409 e. The van der Waals surface area contributed by atoms with Crippen LogP contribution in [0.15, 0.2) is 27.8 Å². The van der Waals surface area contributed by atoms with Crippen molar-refractivity contribution in [3.63, 3.8) is 0 Å². The lowest BCUT2D eigenvalue weighted by Crippen LogP contribution is -2.42. The number of hydrogen-bond donors (Lipinski definition) is 3. The number of nitrogens with one attached hydrogen (secondary N) is 1. The van der Waals surface area contributed by atoms with Gasteiger partial charge in [-0.15, -0.1) is 0 Å². The fourth-order valence-electron chi connectivity index (χ4n) is 1.35. The van der Waals surface area contributed by atoms with Crippen molar-refractivity contribution in [3.8, 4) is 0 Å². The Morgan fingerprint density at radius 1 is 1.33 bits per heavy atom. The third-order valence-corrected chi connectivity index (χ3v) is 3.26. The Labute approximate surface area is 127 Å². The summed E-state index contributed by atoms with van der Waals surface area (Å²) in [5.74, 6) is -1.06. The highest BCUT2D eigenvalue weighted by atomic mass is 79.9. The molecule has 0 saturated carbocycles. The molecule has 116 valence electrons. The maximum atomic E-state index is 12.7. The standard InChI is InChI=1S/C12H13BrF3N3O2/c1-11(2,9(17)19-21)10(20)18-8-4-6(12(14,15)16)3-7(13)5-8/h3-5,21H,1-2H3,(H2,17,19)(H,18,20). The monoisotopic (exact) mass is 367 g/mol. The van der Waals surface area contributed by atoms with Gasteiger partial charge >= 0.3 is 6.18 Å². The van der Waals surface area contributed by atoms with E-state index in [1.165, 1.54) is 19.9 Å². The number of benzene rings is 1. The second kappa shape index (κ2) is 5.92. The number of amidine groups is 1. The largest absolute Gasteiger partial charge is 0.416 e. The SMILES string of the molecule is CC(C)(C(=O)Nc1cc(Br)cc(C(F)(F)F)c1)C(N)=NO. The van der Waals surface area contributed by atoms with Gasteiger partial charge in [0.15, 0.2) is 5.84 Å². The molecule has 0 saturated heterocycles. The third-order valence-electron chi connectivity index (χ3n) is 2.80. The molecule has 21 heavy (non-hydrogen) atoms. The number of nitrogens with two attached hydrogens (primary N) is 1. The van der Waals surface area contributed by atoms with E-state index in [-0.39, 0.29) is 16.0 Å². The molecule has 0 aliphatic heterocycles. The molecule has 5 nitrogen and oxygen atoms in total. The molecule has 0 unspecified atom stereocenters. The molecule has 1 aromatic rings. The van der Waals surface area contributed by atoms with Crippen molar-refractivity contribution in [3.05, 3.63) is 28.2 Å². The van der Waals surface area contributed by atoms with E-state index in [1.807, 2.05) is 0 Å². The summed E-state index contributed by atoms with van der Waals surface area (Å²) in [6, 6.07) is 3.00. The number of amides is 1. The number of carbonyl (C=O) groups is 1. The molecular formula is C12H13BrF3N3O2. The Morgan fingerprint density at radius 3 is 2.38 bits per heavy atom. The lowest BCUT2D eigenvalue weighted by molar-refractivity contribution is -0.137. The van der Waals surface area contributed by atoms with E-state index < -0.39 is 23.1 Å². The summed E-state index contributed by atoms with van der Waals surface area (Å²) in [7, 11) is 0. The second-order valence-electron chi connectivity index (χ2n) is 4.79. The summed E-state index contributed by atoms with van der Waals surface area (Å²) in [5, 5.41) is 13.7. The molecule has 0 bridgehead atoms. The van der Waals surface area contributed by atoms with Gasteiger partial charge in [0.25, 0.3) is 0 Å². The summed E-state index contributed by atoms with van der Waals surface area (Å²) in [5.41, 5.74) is 3.04. The summed E-state index contributed by atoms with van der Waals surface area (Å²) >= 11 is 2.95. The Bertz CT molecular complexity index is 586. The van der Waals surface area contributed by atoms with E-state index in [0.29, 0.717) is 0 Å². The summed E-state index contributed by atoms with van der Waals surface area (Å²) in [6.07, 6.45) is -4.54. The quantitative estimate of drug-likeness (QED) is 0.331. The average Bonchev–Trinajstić information content (AvgIpc) is 2.35. The predicted molar refractivity (Wildman–Crippen MR) is 75.0 cm³/mol. The minimum absolute atomic E-state index is 0.0551. The summed E-state index contributed by atoms with van der Waals surface area (Å²) in [4.78, 5) is 12.0. The van der Waals surface area contributed by atoms with Crippen LogP contribution in [-0.4, -0.2) is 17.0 Å². The van der Waals surface area contributed by atoms with Gasteiger partial charge in [-0.2, -0.15) is 13.2 Å². The van der Waals surface area contributed by atoms with Crippen molar-refractivity contribution in [1.29, 1.82) is 0 Å². The van der Waals surface area contributed by atoms with Gasteiger partial charge in [0.05, 0.1) is 5.56 Å². The molecule has 4 N–H and O–H groups in total. The van der Waals surface area contributed by atoms with Crippen LogP contribution in [0.5, 0.6) is 0 Å². The zero-order chi connectivity index (χ0) is 16.4. The maximum absolute atomic E-state index is 12.7. The van der Waals surface area contributed by atoms with Crippen molar-refractivity contribution < 1.29 is 23.2 Å². The highest BCUT2D eigenvalue weighted by Gasteiger charge is 2.34. The topological polar surface area (TPSA) is 87.7 Å². The number of oxime groups is 1. The van der Waals surface area contributed by atoms with Gasteiger partial charge in [0.2, 0.25) is 5.91 Å². The minimum atomic E-state index is -4.54. The van der Waals surface area contributed by atoms with Crippen LogP contribution < -0.4 is 11.1 Å². The normalized spacial score (nSPS) is 13.1. The first-order valence-corrected chi connectivity index (χ1v) is 6.45. The Hall–Kier alpha value is -1.77. The average molecular weight is 368 g/mol. The van der Waals surface area contributed by atoms with Crippen LogP contribution in [0.25, 0.3) is 0 Å². The van der Waals surface area contributed by atoms with E-state index in [0.717, 1.165) is 12.1 Å². The number of hydrogen-bond acceptors (Lipinski definition) is 3. The molecule has 9 heteroatoms. The summed E-state index contributed by atoms with van der Waals surface area (Å²) in [6.45, 7) is 2.75. The predicted octanol–water partition coefficient (Wildman–Crippen LogP) is 3.18. The molecule has 0 aliphatic carbocycles. The first-order chi connectivity index (χ1) is 9.48. The first-order valence-electron chi connectivity index (χ1n) is 5.65.